The first-order chi connectivity index (χ1) is 7.99. The highest BCUT2D eigenvalue weighted by Crippen LogP contribution is 2.29. The SMILES string of the molecule is CNC(CC(C)C)c1cc(C)c(OC)cc1C. The van der Waals surface area contributed by atoms with Gasteiger partial charge in [0.25, 0.3) is 0 Å². The number of ether oxygens (including phenoxy) is 1. The van der Waals surface area contributed by atoms with Gasteiger partial charge in [0.2, 0.25) is 0 Å². The van der Waals surface area contributed by atoms with Crippen LogP contribution < -0.4 is 10.1 Å². The first-order valence-corrected chi connectivity index (χ1v) is 6.32. The van der Waals surface area contributed by atoms with E-state index in [1.54, 1.807) is 7.11 Å². The van der Waals surface area contributed by atoms with Crippen molar-refractivity contribution in [1.29, 1.82) is 0 Å². The molecule has 0 saturated carbocycles. The molecule has 1 unspecified atom stereocenters. The summed E-state index contributed by atoms with van der Waals surface area (Å²) in [6.07, 6.45) is 1.16. The summed E-state index contributed by atoms with van der Waals surface area (Å²) in [7, 11) is 3.76. The van der Waals surface area contributed by atoms with Gasteiger partial charge in [0.05, 0.1) is 7.11 Å². The number of aryl methyl sites for hydroxylation is 2. The van der Waals surface area contributed by atoms with Gasteiger partial charge in [0, 0.05) is 6.04 Å². The highest BCUT2D eigenvalue weighted by molar-refractivity contribution is 5.42. The fourth-order valence-electron chi connectivity index (χ4n) is 2.28. The summed E-state index contributed by atoms with van der Waals surface area (Å²) >= 11 is 0. The lowest BCUT2D eigenvalue weighted by atomic mass is 9.92. The molecule has 0 aliphatic carbocycles. The number of benzene rings is 1. The van der Waals surface area contributed by atoms with Crippen molar-refractivity contribution in [1.82, 2.24) is 5.32 Å². The van der Waals surface area contributed by atoms with Crippen molar-refractivity contribution < 1.29 is 4.74 Å². The molecule has 0 fully saturated rings. The smallest absolute Gasteiger partial charge is 0.122 e. The maximum Gasteiger partial charge on any atom is 0.122 e. The molecule has 2 nitrogen and oxygen atoms in total. The Morgan fingerprint density at radius 2 is 1.82 bits per heavy atom. The molecule has 1 aromatic rings. The quantitative estimate of drug-likeness (QED) is 0.841. The number of nitrogens with one attached hydrogen (secondary N) is 1. The molecule has 2 heteroatoms. The molecule has 0 spiro atoms. The Morgan fingerprint density at radius 3 is 2.29 bits per heavy atom. The molecule has 0 radical (unpaired) electrons. The van der Waals surface area contributed by atoms with Crippen LogP contribution in [0.3, 0.4) is 0 Å². The molecule has 0 amide bonds. The minimum atomic E-state index is 0.430. The summed E-state index contributed by atoms with van der Waals surface area (Å²) in [6.45, 7) is 8.78. The van der Waals surface area contributed by atoms with Crippen LogP contribution in [0.1, 0.15) is 43.0 Å². The van der Waals surface area contributed by atoms with E-state index < -0.39 is 0 Å². The molecule has 0 saturated heterocycles. The zero-order valence-electron chi connectivity index (χ0n) is 11.9. The van der Waals surface area contributed by atoms with Gasteiger partial charge in [-0.3, -0.25) is 0 Å². The van der Waals surface area contributed by atoms with E-state index in [1.807, 2.05) is 7.05 Å². The van der Waals surface area contributed by atoms with E-state index in [-0.39, 0.29) is 0 Å². The van der Waals surface area contributed by atoms with Gasteiger partial charge in [-0.05, 0) is 56.0 Å². The molecule has 1 rings (SSSR count). The van der Waals surface area contributed by atoms with Crippen LogP contribution in [0.4, 0.5) is 0 Å². The van der Waals surface area contributed by atoms with Gasteiger partial charge in [-0.1, -0.05) is 19.9 Å². The highest BCUT2D eigenvalue weighted by Gasteiger charge is 2.15. The Kier molecular flexibility index (Phi) is 5.01. The molecule has 1 aromatic carbocycles. The normalized spacial score (nSPS) is 12.9. The Labute approximate surface area is 105 Å². The number of hydrogen-bond donors (Lipinski definition) is 1. The summed E-state index contributed by atoms with van der Waals surface area (Å²) in [4.78, 5) is 0. The summed E-state index contributed by atoms with van der Waals surface area (Å²) in [5.74, 6) is 1.67. The zero-order valence-corrected chi connectivity index (χ0v) is 11.9. The topological polar surface area (TPSA) is 21.3 Å². The minimum Gasteiger partial charge on any atom is -0.496 e. The predicted octanol–water partition coefficient (Wildman–Crippen LogP) is 3.62. The maximum atomic E-state index is 5.35. The molecule has 1 atom stereocenters. The molecule has 0 aliphatic heterocycles. The third-order valence-corrected chi connectivity index (χ3v) is 3.21. The maximum absolute atomic E-state index is 5.35. The van der Waals surface area contributed by atoms with E-state index in [1.165, 1.54) is 16.7 Å². The summed E-state index contributed by atoms with van der Waals surface area (Å²) in [6, 6.07) is 4.81. The largest absolute Gasteiger partial charge is 0.496 e. The van der Waals surface area contributed by atoms with Crippen molar-refractivity contribution in [2.24, 2.45) is 5.92 Å². The third kappa shape index (κ3) is 3.47. The Hall–Kier alpha value is -1.02. The van der Waals surface area contributed by atoms with E-state index in [2.05, 4.69) is 45.1 Å². The minimum absolute atomic E-state index is 0.430. The second-order valence-corrected chi connectivity index (χ2v) is 5.15. The van der Waals surface area contributed by atoms with Gasteiger partial charge in [-0.15, -0.1) is 0 Å². The monoisotopic (exact) mass is 235 g/mol. The second-order valence-electron chi connectivity index (χ2n) is 5.15. The Bertz CT molecular complexity index is 371. The molecule has 96 valence electrons. The van der Waals surface area contributed by atoms with Crippen LogP contribution in [0.5, 0.6) is 5.75 Å². The third-order valence-electron chi connectivity index (χ3n) is 3.21. The fraction of sp³-hybridized carbons (Fsp3) is 0.600. The molecule has 0 heterocycles. The van der Waals surface area contributed by atoms with E-state index in [0.717, 1.165) is 12.2 Å². The lowest BCUT2D eigenvalue weighted by molar-refractivity contribution is 0.409. The summed E-state index contributed by atoms with van der Waals surface area (Å²) in [5.41, 5.74) is 3.89. The van der Waals surface area contributed by atoms with E-state index in [0.29, 0.717) is 12.0 Å². The van der Waals surface area contributed by atoms with E-state index in [9.17, 15) is 0 Å². The van der Waals surface area contributed by atoms with Crippen LogP contribution in [0.15, 0.2) is 12.1 Å². The average Bonchev–Trinajstić information content (AvgIpc) is 2.28. The highest BCUT2D eigenvalue weighted by atomic mass is 16.5. The van der Waals surface area contributed by atoms with Gasteiger partial charge in [-0.25, -0.2) is 0 Å². The van der Waals surface area contributed by atoms with Crippen LogP contribution in [-0.4, -0.2) is 14.2 Å². The van der Waals surface area contributed by atoms with E-state index >= 15 is 0 Å². The van der Waals surface area contributed by atoms with Crippen molar-refractivity contribution in [3.05, 3.63) is 28.8 Å². The van der Waals surface area contributed by atoms with Crippen LogP contribution in [0, 0.1) is 19.8 Å². The van der Waals surface area contributed by atoms with E-state index in [4.69, 9.17) is 4.74 Å². The molecule has 0 aliphatic rings. The van der Waals surface area contributed by atoms with Crippen LogP contribution in [0.25, 0.3) is 0 Å². The zero-order chi connectivity index (χ0) is 13.0. The molecule has 1 N–H and O–H groups in total. The van der Waals surface area contributed by atoms with Gasteiger partial charge in [-0.2, -0.15) is 0 Å². The standard InChI is InChI=1S/C15H25NO/c1-10(2)7-14(16-5)13-8-12(4)15(17-6)9-11(13)3/h8-10,14,16H,7H2,1-6H3. The van der Waals surface area contributed by atoms with Crippen molar-refractivity contribution in [2.75, 3.05) is 14.2 Å². The number of hydrogen-bond acceptors (Lipinski definition) is 2. The van der Waals surface area contributed by atoms with Crippen LogP contribution in [0.2, 0.25) is 0 Å². The van der Waals surface area contributed by atoms with Crippen molar-refractivity contribution in [2.45, 2.75) is 40.2 Å². The van der Waals surface area contributed by atoms with Gasteiger partial charge in [0.1, 0.15) is 5.75 Å². The van der Waals surface area contributed by atoms with Crippen LogP contribution >= 0.6 is 0 Å². The Morgan fingerprint density at radius 1 is 1.18 bits per heavy atom. The van der Waals surface area contributed by atoms with Crippen molar-refractivity contribution >= 4 is 0 Å². The summed E-state index contributed by atoms with van der Waals surface area (Å²) in [5, 5.41) is 3.41. The van der Waals surface area contributed by atoms with Gasteiger partial charge >= 0.3 is 0 Å². The van der Waals surface area contributed by atoms with Crippen molar-refractivity contribution in [3.63, 3.8) is 0 Å². The first kappa shape index (κ1) is 14.0. The Balaban J connectivity index is 3.07. The lowest BCUT2D eigenvalue weighted by Gasteiger charge is -2.22. The predicted molar refractivity (Wildman–Crippen MR) is 73.7 cm³/mol. The molecule has 17 heavy (non-hydrogen) atoms. The summed E-state index contributed by atoms with van der Waals surface area (Å²) < 4.78 is 5.35. The number of methoxy groups -OCH3 is 1. The lowest BCUT2D eigenvalue weighted by Crippen LogP contribution is -2.19. The molecular formula is C15H25NO. The number of rotatable bonds is 5. The van der Waals surface area contributed by atoms with Gasteiger partial charge in [0.15, 0.2) is 0 Å². The van der Waals surface area contributed by atoms with Crippen LogP contribution in [-0.2, 0) is 0 Å². The second kappa shape index (κ2) is 6.06. The van der Waals surface area contributed by atoms with Gasteiger partial charge < -0.3 is 10.1 Å². The average molecular weight is 235 g/mol. The fourth-order valence-corrected chi connectivity index (χ4v) is 2.28. The molecular weight excluding hydrogens is 210 g/mol. The molecule has 0 aromatic heterocycles. The first-order valence-electron chi connectivity index (χ1n) is 6.32. The molecule has 0 bridgehead atoms. The van der Waals surface area contributed by atoms with Crippen molar-refractivity contribution in [3.8, 4) is 5.75 Å².